The second-order valence-electron chi connectivity index (χ2n) is 14.0. The van der Waals surface area contributed by atoms with E-state index in [9.17, 15) is 0 Å². The quantitative estimate of drug-likeness (QED) is 0.154. The van der Waals surface area contributed by atoms with Crippen LogP contribution in [-0.4, -0.2) is 29.9 Å². The molecule has 0 unspecified atom stereocenters. The number of fused-ring (bicyclic) bond motifs is 1. The predicted molar refractivity (Wildman–Crippen MR) is 234 cm³/mol. The maximum absolute atomic E-state index is 4.95. The van der Waals surface area contributed by atoms with Crippen LogP contribution in [0.2, 0.25) is 0 Å². The minimum Gasteiger partial charge on any atom is -0.208 e. The highest BCUT2D eigenvalue weighted by atomic mass is 15.0. The summed E-state index contributed by atoms with van der Waals surface area (Å²) in [5.74, 6) is 3.80. The lowest BCUT2D eigenvalue weighted by Gasteiger charge is -2.14. The fraction of sp³-hybridized carbons (Fsp3) is 0. The van der Waals surface area contributed by atoms with E-state index in [1.54, 1.807) is 0 Å². The zero-order valence-electron chi connectivity index (χ0n) is 31.3. The van der Waals surface area contributed by atoms with Gasteiger partial charge in [-0.15, -0.1) is 0 Å². The Morgan fingerprint density at radius 1 is 0.190 bits per heavy atom. The second-order valence-corrected chi connectivity index (χ2v) is 14.0. The summed E-state index contributed by atoms with van der Waals surface area (Å²) >= 11 is 0. The molecule has 0 aliphatic carbocycles. The summed E-state index contributed by atoms with van der Waals surface area (Å²) in [5, 5.41) is 2.35. The Morgan fingerprint density at radius 3 is 0.655 bits per heavy atom. The SMILES string of the molecule is c1ccc(-c2nc(-c3ccccc3)nc(-c3ccc(-c4cc5ccccc5cc4-c4ccc(-c5nc(-c6ccccc6)nc(-c6ccccc6)n5)cc4)cc3)n2)cc1. The van der Waals surface area contributed by atoms with Gasteiger partial charge in [-0.1, -0.05) is 194 Å². The third-order valence-electron chi connectivity index (χ3n) is 10.2. The van der Waals surface area contributed by atoms with Crippen molar-refractivity contribution in [3.63, 3.8) is 0 Å². The van der Waals surface area contributed by atoms with E-state index in [1.165, 1.54) is 10.8 Å². The van der Waals surface area contributed by atoms with Crippen LogP contribution in [0.3, 0.4) is 0 Å². The first-order valence-corrected chi connectivity index (χ1v) is 19.2. The zero-order chi connectivity index (χ0) is 38.7. The minimum absolute atomic E-state index is 0.623. The number of rotatable bonds is 8. The van der Waals surface area contributed by atoms with E-state index < -0.39 is 0 Å². The Kier molecular flexibility index (Phi) is 9.10. The van der Waals surface area contributed by atoms with E-state index in [1.807, 2.05) is 121 Å². The van der Waals surface area contributed by atoms with Gasteiger partial charge in [-0.2, -0.15) is 0 Å². The molecule has 0 bridgehead atoms. The molecule has 0 aliphatic heterocycles. The number of hydrogen-bond acceptors (Lipinski definition) is 6. The first kappa shape index (κ1) is 34.5. The molecule has 272 valence electrons. The largest absolute Gasteiger partial charge is 0.208 e. The normalized spacial score (nSPS) is 11.1. The van der Waals surface area contributed by atoms with Crippen LogP contribution < -0.4 is 0 Å². The van der Waals surface area contributed by atoms with Crippen molar-refractivity contribution >= 4 is 10.8 Å². The van der Waals surface area contributed by atoms with Gasteiger partial charge in [0.25, 0.3) is 0 Å². The van der Waals surface area contributed by atoms with E-state index in [0.717, 1.165) is 55.6 Å². The third-order valence-corrected chi connectivity index (χ3v) is 10.2. The van der Waals surface area contributed by atoms with Gasteiger partial charge in [0.1, 0.15) is 0 Å². The molecule has 0 aliphatic rings. The average molecular weight is 743 g/mol. The van der Waals surface area contributed by atoms with Gasteiger partial charge in [-0.3, -0.25) is 0 Å². The molecule has 0 spiro atoms. The molecular weight excluding hydrogens is 709 g/mol. The van der Waals surface area contributed by atoms with Gasteiger partial charge in [0.15, 0.2) is 34.9 Å². The molecule has 58 heavy (non-hydrogen) atoms. The van der Waals surface area contributed by atoms with Gasteiger partial charge in [-0.05, 0) is 45.2 Å². The van der Waals surface area contributed by atoms with Crippen molar-refractivity contribution in [2.45, 2.75) is 0 Å². The van der Waals surface area contributed by atoms with E-state index >= 15 is 0 Å². The molecule has 0 radical (unpaired) electrons. The lowest BCUT2D eigenvalue weighted by molar-refractivity contribution is 1.07. The minimum atomic E-state index is 0.623. The van der Waals surface area contributed by atoms with Gasteiger partial charge in [-0.25, -0.2) is 29.9 Å². The van der Waals surface area contributed by atoms with Crippen molar-refractivity contribution < 1.29 is 0 Å². The molecule has 0 amide bonds. The fourth-order valence-electron chi connectivity index (χ4n) is 7.19. The molecule has 6 nitrogen and oxygen atoms in total. The Labute approximate surface area is 336 Å². The van der Waals surface area contributed by atoms with Crippen LogP contribution in [0.5, 0.6) is 0 Å². The van der Waals surface area contributed by atoms with Crippen LogP contribution in [0.15, 0.2) is 206 Å². The van der Waals surface area contributed by atoms with Crippen LogP contribution >= 0.6 is 0 Å². The highest BCUT2D eigenvalue weighted by Gasteiger charge is 2.16. The number of aromatic nitrogens is 6. The predicted octanol–water partition coefficient (Wildman–Crippen LogP) is 12.5. The highest BCUT2D eigenvalue weighted by molar-refractivity contribution is 5.97. The van der Waals surface area contributed by atoms with E-state index in [0.29, 0.717) is 34.9 Å². The van der Waals surface area contributed by atoms with Crippen molar-refractivity contribution in [3.05, 3.63) is 206 Å². The summed E-state index contributed by atoms with van der Waals surface area (Å²) in [6.45, 7) is 0. The Hall–Kier alpha value is -7.96. The van der Waals surface area contributed by atoms with Gasteiger partial charge in [0.2, 0.25) is 0 Å². The Bertz CT molecular complexity index is 2690. The summed E-state index contributed by atoms with van der Waals surface area (Å²) in [6.07, 6.45) is 0. The van der Waals surface area contributed by atoms with E-state index in [2.05, 4.69) is 84.9 Å². The van der Waals surface area contributed by atoms with Crippen LogP contribution in [0.4, 0.5) is 0 Å². The van der Waals surface area contributed by atoms with Crippen molar-refractivity contribution in [3.8, 4) is 90.6 Å². The number of hydrogen-bond donors (Lipinski definition) is 0. The van der Waals surface area contributed by atoms with E-state index in [4.69, 9.17) is 29.9 Å². The highest BCUT2D eigenvalue weighted by Crippen LogP contribution is 2.38. The summed E-state index contributed by atoms with van der Waals surface area (Å²) in [5.41, 5.74) is 10.0. The van der Waals surface area contributed by atoms with Crippen LogP contribution in [0, 0.1) is 0 Å². The van der Waals surface area contributed by atoms with Crippen molar-refractivity contribution in [1.29, 1.82) is 0 Å². The summed E-state index contributed by atoms with van der Waals surface area (Å²) in [4.78, 5) is 29.5. The van der Waals surface area contributed by atoms with Gasteiger partial charge < -0.3 is 0 Å². The van der Waals surface area contributed by atoms with Gasteiger partial charge in [0.05, 0.1) is 0 Å². The maximum Gasteiger partial charge on any atom is 0.164 e. The number of nitrogens with zero attached hydrogens (tertiary/aromatic N) is 6. The summed E-state index contributed by atoms with van der Waals surface area (Å²) < 4.78 is 0. The molecule has 0 atom stereocenters. The summed E-state index contributed by atoms with van der Waals surface area (Å²) in [7, 11) is 0. The monoisotopic (exact) mass is 742 g/mol. The molecule has 10 rings (SSSR count). The molecule has 8 aromatic carbocycles. The fourth-order valence-corrected chi connectivity index (χ4v) is 7.19. The van der Waals surface area contributed by atoms with E-state index in [-0.39, 0.29) is 0 Å². The molecular formula is C52H34N6. The van der Waals surface area contributed by atoms with Crippen LogP contribution in [-0.2, 0) is 0 Å². The van der Waals surface area contributed by atoms with Crippen LogP contribution in [0.1, 0.15) is 0 Å². The zero-order valence-corrected chi connectivity index (χ0v) is 31.3. The molecule has 0 saturated carbocycles. The van der Waals surface area contributed by atoms with Crippen molar-refractivity contribution in [2.75, 3.05) is 0 Å². The first-order chi connectivity index (χ1) is 28.7. The Morgan fingerprint density at radius 2 is 0.397 bits per heavy atom. The second kappa shape index (κ2) is 15.3. The molecule has 0 fully saturated rings. The van der Waals surface area contributed by atoms with Crippen molar-refractivity contribution in [1.82, 2.24) is 29.9 Å². The van der Waals surface area contributed by atoms with Crippen molar-refractivity contribution in [2.24, 2.45) is 0 Å². The van der Waals surface area contributed by atoms with Crippen LogP contribution in [0.25, 0.3) is 101 Å². The number of benzene rings is 8. The lowest BCUT2D eigenvalue weighted by Crippen LogP contribution is -2.00. The topological polar surface area (TPSA) is 77.3 Å². The molecule has 2 heterocycles. The molecule has 0 saturated heterocycles. The standard InChI is InChI=1S/C52H34N6/c1-5-15-37(16-6-1)47-53-48(38-17-7-2-8-18-38)56-51(55-47)41-29-25-35(26-30-41)45-33-43-23-13-14-24-44(43)34-46(45)36-27-31-42(32-28-36)52-57-49(39-19-9-3-10-20-39)54-50(58-52)40-21-11-4-12-22-40/h1-34H. The lowest BCUT2D eigenvalue weighted by atomic mass is 9.90. The summed E-state index contributed by atoms with van der Waals surface area (Å²) in [6, 6.07) is 70.3. The smallest absolute Gasteiger partial charge is 0.164 e. The molecule has 6 heteroatoms. The molecule has 2 aromatic heterocycles. The Balaban J connectivity index is 1.04. The molecule has 10 aromatic rings. The molecule has 0 N–H and O–H groups in total. The van der Waals surface area contributed by atoms with Gasteiger partial charge >= 0.3 is 0 Å². The third kappa shape index (κ3) is 7.02. The maximum atomic E-state index is 4.95. The van der Waals surface area contributed by atoms with Gasteiger partial charge in [0, 0.05) is 33.4 Å². The average Bonchev–Trinajstić information content (AvgIpc) is 3.32. The first-order valence-electron chi connectivity index (χ1n) is 19.2.